The molecule has 39 heavy (non-hydrogen) atoms. The maximum absolute atomic E-state index is 11.4. The van der Waals surface area contributed by atoms with Crippen LogP contribution in [0.5, 0.6) is 5.75 Å². The van der Waals surface area contributed by atoms with Gasteiger partial charge in [0.2, 0.25) is 0 Å². The van der Waals surface area contributed by atoms with Crippen molar-refractivity contribution in [3.63, 3.8) is 0 Å². The number of likely N-dealkylation sites (tertiary alicyclic amines) is 1. The molecule has 1 aliphatic heterocycles. The molecule has 4 rings (SSSR count). The van der Waals surface area contributed by atoms with Crippen molar-refractivity contribution in [2.45, 2.75) is 57.5 Å². The molecule has 2 unspecified atom stereocenters. The van der Waals surface area contributed by atoms with E-state index < -0.39 is 12.1 Å². The number of hydrogen-bond acceptors (Lipinski definition) is 5. The third-order valence-electron chi connectivity index (χ3n) is 8.06. The summed E-state index contributed by atoms with van der Waals surface area (Å²) >= 11 is 12.5. The van der Waals surface area contributed by atoms with Crippen LogP contribution in [0.2, 0.25) is 10.0 Å². The monoisotopic (exact) mass is 572 g/mol. The van der Waals surface area contributed by atoms with Crippen molar-refractivity contribution in [2.24, 2.45) is 11.8 Å². The molecule has 6 nitrogen and oxygen atoms in total. The van der Waals surface area contributed by atoms with Crippen LogP contribution in [0.15, 0.2) is 48.7 Å². The zero-order valence-corrected chi connectivity index (χ0v) is 24.0. The Kier molecular flexibility index (Phi) is 10.9. The van der Waals surface area contributed by atoms with Gasteiger partial charge < -0.3 is 19.8 Å². The standard InChI is InChI=1S/C31H38Cl2N2O4/c1-39-24-10-11-28-26(19-24)25(14-16-34-28)29(36)12-8-21-15-18-35(20-23(21)9-13-30(37)38)17-3-2-5-22-6-4-7-27(32)31(22)33/h4,6-7,10-11,14,16,19,21,23,29,36H,2-3,5,8-9,12-13,15,17-18,20H2,1H3,(H,37,38)/t21?,23?,29-/m0/s1. The van der Waals surface area contributed by atoms with Crippen LogP contribution in [0.25, 0.3) is 10.9 Å². The highest BCUT2D eigenvalue weighted by molar-refractivity contribution is 6.42. The Morgan fingerprint density at radius 1 is 1.15 bits per heavy atom. The molecule has 0 amide bonds. The summed E-state index contributed by atoms with van der Waals surface area (Å²) in [5, 5.41) is 22.6. The molecule has 1 aliphatic rings. The van der Waals surface area contributed by atoms with Crippen LogP contribution in [0.3, 0.4) is 0 Å². The number of aliphatic hydroxyl groups is 1. The van der Waals surface area contributed by atoms with Crippen molar-refractivity contribution in [2.75, 3.05) is 26.7 Å². The fourth-order valence-electron chi connectivity index (χ4n) is 5.86. The lowest BCUT2D eigenvalue weighted by atomic mass is 9.79. The highest BCUT2D eigenvalue weighted by Gasteiger charge is 2.30. The Bertz CT molecular complexity index is 1250. The van der Waals surface area contributed by atoms with Gasteiger partial charge in [-0.25, -0.2) is 0 Å². The topological polar surface area (TPSA) is 82.9 Å². The van der Waals surface area contributed by atoms with Gasteiger partial charge in [-0.3, -0.25) is 9.78 Å². The first kappa shape index (κ1) is 29.6. The van der Waals surface area contributed by atoms with Crippen LogP contribution in [0, 0.1) is 11.8 Å². The second kappa shape index (κ2) is 14.3. The number of carboxylic acid groups (broad SMARTS) is 1. The van der Waals surface area contributed by atoms with Gasteiger partial charge in [0.25, 0.3) is 0 Å². The molecule has 3 atom stereocenters. The van der Waals surface area contributed by atoms with Gasteiger partial charge in [-0.15, -0.1) is 0 Å². The Balaban J connectivity index is 1.32. The fraction of sp³-hybridized carbons (Fsp3) is 0.484. The van der Waals surface area contributed by atoms with Crippen LogP contribution < -0.4 is 4.74 Å². The van der Waals surface area contributed by atoms with E-state index >= 15 is 0 Å². The van der Waals surface area contributed by atoms with Crippen molar-refractivity contribution >= 4 is 40.1 Å². The van der Waals surface area contributed by atoms with Crippen LogP contribution in [-0.2, 0) is 11.2 Å². The van der Waals surface area contributed by atoms with Gasteiger partial charge in [0.1, 0.15) is 5.75 Å². The van der Waals surface area contributed by atoms with Crippen LogP contribution in [-0.4, -0.2) is 52.8 Å². The molecule has 0 aliphatic carbocycles. The number of unbranched alkanes of at least 4 members (excludes halogenated alkanes) is 1. The Morgan fingerprint density at radius 2 is 2.00 bits per heavy atom. The lowest BCUT2D eigenvalue weighted by molar-refractivity contribution is -0.137. The minimum Gasteiger partial charge on any atom is -0.497 e. The molecule has 3 aromatic rings. The third-order valence-corrected chi connectivity index (χ3v) is 8.92. The van der Waals surface area contributed by atoms with Gasteiger partial charge in [0, 0.05) is 24.5 Å². The summed E-state index contributed by atoms with van der Waals surface area (Å²) in [5.74, 6) is 0.684. The number of aliphatic carboxylic acids is 1. The van der Waals surface area contributed by atoms with Crippen molar-refractivity contribution in [1.82, 2.24) is 9.88 Å². The Hall–Kier alpha value is -2.38. The lowest BCUT2D eigenvalue weighted by Crippen LogP contribution is -2.41. The average molecular weight is 574 g/mol. The predicted octanol–water partition coefficient (Wildman–Crippen LogP) is 7.19. The number of aromatic nitrogens is 1. The summed E-state index contributed by atoms with van der Waals surface area (Å²) in [5.41, 5.74) is 2.78. The second-order valence-corrected chi connectivity index (χ2v) is 11.4. The number of carbonyl (C=O) groups is 1. The van der Waals surface area contributed by atoms with Gasteiger partial charge in [-0.05, 0) is 111 Å². The van der Waals surface area contributed by atoms with Gasteiger partial charge >= 0.3 is 5.97 Å². The number of ether oxygens (including phenoxy) is 1. The third kappa shape index (κ3) is 8.07. The largest absolute Gasteiger partial charge is 0.497 e. The van der Waals surface area contributed by atoms with Gasteiger partial charge in [-0.2, -0.15) is 0 Å². The molecular weight excluding hydrogens is 535 g/mol. The van der Waals surface area contributed by atoms with Crippen molar-refractivity contribution < 1.29 is 19.7 Å². The fourth-order valence-corrected chi connectivity index (χ4v) is 6.27. The molecule has 1 saturated heterocycles. The maximum atomic E-state index is 11.4. The average Bonchev–Trinajstić information content (AvgIpc) is 2.94. The number of rotatable bonds is 13. The van der Waals surface area contributed by atoms with Gasteiger partial charge in [0.15, 0.2) is 0 Å². The SMILES string of the molecule is COc1ccc2nccc([C@@H](O)CCC3CCN(CCCCc4cccc(Cl)c4Cl)CC3CCC(=O)O)c2c1. The first-order chi connectivity index (χ1) is 18.9. The number of benzene rings is 2. The van der Waals surface area contributed by atoms with E-state index in [1.165, 1.54) is 0 Å². The molecule has 8 heteroatoms. The second-order valence-electron chi connectivity index (χ2n) is 10.6. The number of hydrogen-bond donors (Lipinski definition) is 2. The summed E-state index contributed by atoms with van der Waals surface area (Å²) in [7, 11) is 1.63. The van der Waals surface area contributed by atoms with E-state index in [-0.39, 0.29) is 6.42 Å². The Morgan fingerprint density at radius 3 is 2.79 bits per heavy atom. The molecule has 0 saturated carbocycles. The molecule has 0 radical (unpaired) electrons. The number of halogens is 2. The van der Waals surface area contributed by atoms with Crippen molar-refractivity contribution in [1.29, 1.82) is 0 Å². The zero-order valence-electron chi connectivity index (χ0n) is 22.5. The highest BCUT2D eigenvalue weighted by atomic mass is 35.5. The molecule has 1 fully saturated rings. The van der Waals surface area contributed by atoms with Crippen LogP contribution in [0.4, 0.5) is 0 Å². The first-order valence-electron chi connectivity index (χ1n) is 13.8. The van der Waals surface area contributed by atoms with Crippen LogP contribution in [0.1, 0.15) is 62.2 Å². The number of carboxylic acids is 1. The molecule has 2 aromatic carbocycles. The number of nitrogens with zero attached hydrogens (tertiary/aromatic N) is 2. The normalized spacial score (nSPS) is 18.8. The number of fused-ring (bicyclic) bond motifs is 1. The molecule has 0 spiro atoms. The van der Waals surface area contributed by atoms with E-state index in [9.17, 15) is 15.0 Å². The number of pyridine rings is 1. The molecule has 2 heterocycles. The summed E-state index contributed by atoms with van der Waals surface area (Å²) in [6, 6.07) is 13.4. The Labute approximate surface area is 240 Å². The van der Waals surface area contributed by atoms with E-state index in [1.54, 1.807) is 13.3 Å². The van der Waals surface area contributed by atoms with E-state index in [1.807, 2.05) is 42.5 Å². The molecular formula is C31H38Cl2N2O4. The smallest absolute Gasteiger partial charge is 0.303 e. The zero-order chi connectivity index (χ0) is 27.8. The minimum absolute atomic E-state index is 0.180. The lowest BCUT2D eigenvalue weighted by Gasteiger charge is -2.39. The van der Waals surface area contributed by atoms with Crippen LogP contribution >= 0.6 is 23.2 Å². The van der Waals surface area contributed by atoms with E-state index in [0.717, 1.165) is 79.5 Å². The number of aliphatic hydroxyl groups excluding tert-OH is 1. The van der Waals surface area contributed by atoms with E-state index in [4.69, 9.17) is 27.9 Å². The van der Waals surface area contributed by atoms with E-state index in [2.05, 4.69) is 9.88 Å². The molecule has 1 aromatic heterocycles. The first-order valence-corrected chi connectivity index (χ1v) is 14.6. The number of aryl methyl sites for hydroxylation is 1. The number of piperidine rings is 1. The highest BCUT2D eigenvalue weighted by Crippen LogP contribution is 2.35. The summed E-state index contributed by atoms with van der Waals surface area (Å²) in [4.78, 5) is 18.3. The molecule has 0 bridgehead atoms. The summed E-state index contributed by atoms with van der Waals surface area (Å²) in [6.07, 6.45) is 7.45. The quantitative estimate of drug-likeness (QED) is 0.211. The van der Waals surface area contributed by atoms with Crippen molar-refractivity contribution in [3.8, 4) is 5.75 Å². The minimum atomic E-state index is -0.749. The van der Waals surface area contributed by atoms with Crippen molar-refractivity contribution in [3.05, 3.63) is 69.8 Å². The molecule has 210 valence electrons. The maximum Gasteiger partial charge on any atom is 0.303 e. The summed E-state index contributed by atoms with van der Waals surface area (Å²) in [6.45, 7) is 2.89. The molecule has 2 N–H and O–H groups in total. The number of methoxy groups -OCH3 is 1. The predicted molar refractivity (Wildman–Crippen MR) is 157 cm³/mol. The van der Waals surface area contributed by atoms with Gasteiger partial charge in [-0.1, -0.05) is 35.3 Å². The summed E-state index contributed by atoms with van der Waals surface area (Å²) < 4.78 is 5.38. The van der Waals surface area contributed by atoms with Gasteiger partial charge in [0.05, 0.1) is 28.8 Å². The van der Waals surface area contributed by atoms with E-state index in [0.29, 0.717) is 34.7 Å².